The summed E-state index contributed by atoms with van der Waals surface area (Å²) in [5.74, 6) is -3.68. The summed E-state index contributed by atoms with van der Waals surface area (Å²) < 4.78 is 37.4. The average Bonchev–Trinajstić information content (AvgIpc) is 2.85. The summed E-state index contributed by atoms with van der Waals surface area (Å²) in [6.07, 6.45) is -3.80. The molecule has 2 N–H and O–H groups in total. The highest BCUT2D eigenvalue weighted by Crippen LogP contribution is 2.23. The molecule has 5 nitrogen and oxygen atoms in total. The van der Waals surface area contributed by atoms with Gasteiger partial charge in [0.2, 0.25) is 0 Å². The van der Waals surface area contributed by atoms with Crippen molar-refractivity contribution < 1.29 is 27.9 Å². The van der Waals surface area contributed by atoms with E-state index >= 15 is 0 Å². The van der Waals surface area contributed by atoms with Crippen LogP contribution in [0, 0.1) is 0 Å². The van der Waals surface area contributed by atoms with Gasteiger partial charge in [-0.2, -0.15) is 13.2 Å². The third-order valence-electron chi connectivity index (χ3n) is 3.40. The number of carboxylic acid groups (broad SMARTS) is 1. The maximum absolute atomic E-state index is 12.5. The second-order valence-corrected chi connectivity index (χ2v) is 4.83. The highest BCUT2D eigenvalue weighted by molar-refractivity contribution is 5.88. The molecule has 0 aliphatic rings. The number of alkyl halides is 3. The van der Waals surface area contributed by atoms with Crippen molar-refractivity contribution in [1.29, 1.82) is 0 Å². The minimum atomic E-state index is -5.11. The zero-order valence-electron chi connectivity index (χ0n) is 11.5. The van der Waals surface area contributed by atoms with Crippen molar-refractivity contribution in [2.75, 3.05) is 7.05 Å². The summed E-state index contributed by atoms with van der Waals surface area (Å²) in [4.78, 5) is 25.6. The minimum Gasteiger partial charge on any atom is -0.480 e. The van der Waals surface area contributed by atoms with E-state index in [4.69, 9.17) is 5.11 Å². The Kier molecular flexibility index (Phi) is 4.11. The molecule has 1 amide bonds. The molecule has 2 aromatic rings. The average molecular weight is 314 g/mol. The molecule has 22 heavy (non-hydrogen) atoms. The quantitative estimate of drug-likeness (QED) is 0.908. The number of carboxylic acids is 1. The van der Waals surface area contributed by atoms with Crippen molar-refractivity contribution in [1.82, 2.24) is 9.88 Å². The molecule has 0 saturated heterocycles. The number of rotatable bonds is 4. The number of nitrogens with zero attached hydrogens (tertiary/aromatic N) is 1. The molecule has 1 aromatic heterocycles. The number of benzene rings is 1. The molecule has 0 aliphatic carbocycles. The summed E-state index contributed by atoms with van der Waals surface area (Å²) in [6, 6.07) is 5.40. The van der Waals surface area contributed by atoms with E-state index in [1.54, 1.807) is 24.3 Å². The molecule has 0 aliphatic heterocycles. The first-order chi connectivity index (χ1) is 10.2. The number of aromatic nitrogens is 1. The molecule has 1 unspecified atom stereocenters. The van der Waals surface area contributed by atoms with Gasteiger partial charge < -0.3 is 15.0 Å². The number of fused-ring (bicyclic) bond motifs is 1. The van der Waals surface area contributed by atoms with E-state index in [2.05, 4.69) is 4.98 Å². The summed E-state index contributed by atoms with van der Waals surface area (Å²) in [5, 5.41) is 9.87. The number of carbonyl (C=O) groups is 2. The number of halogens is 3. The number of para-hydroxylation sites is 1. The van der Waals surface area contributed by atoms with Gasteiger partial charge in [0, 0.05) is 30.6 Å². The van der Waals surface area contributed by atoms with Crippen LogP contribution in [-0.4, -0.2) is 46.1 Å². The molecule has 1 atom stereocenters. The predicted molar refractivity (Wildman–Crippen MR) is 72.3 cm³/mol. The number of aliphatic carboxylic acids is 1. The lowest BCUT2D eigenvalue weighted by molar-refractivity contribution is -0.188. The van der Waals surface area contributed by atoms with E-state index in [1.165, 1.54) is 6.20 Å². The van der Waals surface area contributed by atoms with E-state index in [0.717, 1.165) is 12.6 Å². The van der Waals surface area contributed by atoms with Gasteiger partial charge in [-0.1, -0.05) is 18.2 Å². The van der Waals surface area contributed by atoms with Gasteiger partial charge in [0.1, 0.15) is 6.04 Å². The fourth-order valence-corrected chi connectivity index (χ4v) is 2.24. The van der Waals surface area contributed by atoms with Crippen LogP contribution in [0.3, 0.4) is 0 Å². The predicted octanol–water partition coefficient (Wildman–Crippen LogP) is 2.18. The summed E-state index contributed by atoms with van der Waals surface area (Å²) in [5.41, 5.74) is 1.27. The highest BCUT2D eigenvalue weighted by atomic mass is 19.4. The van der Waals surface area contributed by atoms with Crippen LogP contribution < -0.4 is 0 Å². The molecule has 0 fully saturated rings. The van der Waals surface area contributed by atoms with E-state index in [9.17, 15) is 22.8 Å². The Bertz CT molecular complexity index is 709. The van der Waals surface area contributed by atoms with Crippen molar-refractivity contribution in [2.24, 2.45) is 0 Å². The highest BCUT2D eigenvalue weighted by Gasteiger charge is 2.44. The number of likely N-dealkylation sites (N-methyl/N-ethyl adjacent to an activating group) is 1. The van der Waals surface area contributed by atoms with Crippen molar-refractivity contribution in [2.45, 2.75) is 18.6 Å². The maximum Gasteiger partial charge on any atom is 0.471 e. The van der Waals surface area contributed by atoms with E-state index in [-0.39, 0.29) is 11.3 Å². The Hall–Kier alpha value is -2.51. The monoisotopic (exact) mass is 314 g/mol. The maximum atomic E-state index is 12.5. The first kappa shape index (κ1) is 15.9. The topological polar surface area (TPSA) is 73.4 Å². The molecule has 0 spiro atoms. The van der Waals surface area contributed by atoms with Crippen molar-refractivity contribution in [3.63, 3.8) is 0 Å². The van der Waals surface area contributed by atoms with Gasteiger partial charge in [0.25, 0.3) is 0 Å². The second kappa shape index (κ2) is 5.70. The zero-order valence-corrected chi connectivity index (χ0v) is 11.5. The van der Waals surface area contributed by atoms with Crippen LogP contribution in [0.5, 0.6) is 0 Å². The van der Waals surface area contributed by atoms with Gasteiger partial charge in [-0.05, 0) is 11.6 Å². The molecule has 118 valence electrons. The Morgan fingerprint density at radius 1 is 1.32 bits per heavy atom. The first-order valence-corrected chi connectivity index (χ1v) is 6.33. The Labute approximate surface area is 123 Å². The normalized spacial score (nSPS) is 13.1. The molecule has 2 rings (SSSR count). The summed E-state index contributed by atoms with van der Waals surface area (Å²) in [7, 11) is 0.837. The Balaban J connectivity index is 2.30. The SMILES string of the molecule is CN(C(=O)C(F)(F)F)C(Cc1c[nH]c2ccccc12)C(=O)O. The van der Waals surface area contributed by atoms with Gasteiger partial charge >= 0.3 is 18.1 Å². The Morgan fingerprint density at radius 2 is 1.95 bits per heavy atom. The zero-order chi connectivity index (χ0) is 16.5. The molecular weight excluding hydrogens is 301 g/mol. The standard InChI is InChI=1S/C14H13F3N2O3/c1-19(13(22)14(15,16)17)11(12(20)21)6-8-7-18-10-5-3-2-4-9(8)10/h2-5,7,11,18H,6H2,1H3,(H,20,21). The van der Waals surface area contributed by atoms with Crippen LogP contribution >= 0.6 is 0 Å². The smallest absolute Gasteiger partial charge is 0.471 e. The number of hydrogen-bond donors (Lipinski definition) is 2. The number of aromatic amines is 1. The summed E-state index contributed by atoms with van der Waals surface area (Å²) in [6.45, 7) is 0. The van der Waals surface area contributed by atoms with Gasteiger partial charge in [-0.25, -0.2) is 4.79 Å². The van der Waals surface area contributed by atoms with Crippen LogP contribution in [0.1, 0.15) is 5.56 Å². The summed E-state index contributed by atoms with van der Waals surface area (Å²) >= 11 is 0. The number of H-pyrrole nitrogens is 1. The Morgan fingerprint density at radius 3 is 2.55 bits per heavy atom. The van der Waals surface area contributed by atoms with Crippen LogP contribution in [0.4, 0.5) is 13.2 Å². The molecule has 0 radical (unpaired) electrons. The molecule has 0 saturated carbocycles. The lowest BCUT2D eigenvalue weighted by atomic mass is 10.0. The molecule has 1 aromatic carbocycles. The fourth-order valence-electron chi connectivity index (χ4n) is 2.24. The van der Waals surface area contributed by atoms with Crippen molar-refractivity contribution >= 4 is 22.8 Å². The third kappa shape index (κ3) is 3.05. The van der Waals surface area contributed by atoms with Crippen molar-refractivity contribution in [3.8, 4) is 0 Å². The number of amides is 1. The number of hydrogen-bond acceptors (Lipinski definition) is 2. The molecule has 0 bridgehead atoms. The van der Waals surface area contributed by atoms with Gasteiger partial charge in [-0.15, -0.1) is 0 Å². The second-order valence-electron chi connectivity index (χ2n) is 4.83. The van der Waals surface area contributed by atoms with Gasteiger partial charge in [0.05, 0.1) is 0 Å². The van der Waals surface area contributed by atoms with Crippen LogP contribution in [0.2, 0.25) is 0 Å². The van der Waals surface area contributed by atoms with Gasteiger partial charge in [-0.3, -0.25) is 4.79 Å². The third-order valence-corrected chi connectivity index (χ3v) is 3.40. The minimum absolute atomic E-state index is 0.212. The van der Waals surface area contributed by atoms with Gasteiger partial charge in [0.15, 0.2) is 0 Å². The lowest BCUT2D eigenvalue weighted by Crippen LogP contribution is -2.49. The van der Waals surface area contributed by atoms with Crippen LogP contribution in [-0.2, 0) is 16.0 Å². The van der Waals surface area contributed by atoms with E-state index < -0.39 is 24.1 Å². The largest absolute Gasteiger partial charge is 0.480 e. The fraction of sp³-hybridized carbons (Fsp3) is 0.286. The molecule has 1 heterocycles. The number of nitrogens with one attached hydrogen (secondary N) is 1. The first-order valence-electron chi connectivity index (χ1n) is 6.33. The van der Waals surface area contributed by atoms with E-state index in [0.29, 0.717) is 10.9 Å². The van der Waals surface area contributed by atoms with Crippen LogP contribution in [0.15, 0.2) is 30.5 Å². The van der Waals surface area contributed by atoms with Crippen molar-refractivity contribution in [3.05, 3.63) is 36.0 Å². The molecular formula is C14H13F3N2O3. The van der Waals surface area contributed by atoms with Crippen LogP contribution in [0.25, 0.3) is 10.9 Å². The molecule has 8 heteroatoms. The lowest BCUT2D eigenvalue weighted by Gasteiger charge is -2.25. The number of carbonyl (C=O) groups excluding carboxylic acids is 1. The van der Waals surface area contributed by atoms with E-state index in [1.807, 2.05) is 0 Å².